The molecule has 1 aromatic rings. The number of carbonyl (C=O) groups is 3. The molecule has 1 aromatic carbocycles. The van der Waals surface area contributed by atoms with Gasteiger partial charge in [0, 0.05) is 44.8 Å². The minimum Gasteiger partial charge on any atom is -0.370 e. The average Bonchev–Trinajstić information content (AvgIpc) is 2.79. The molecule has 3 amide bonds. The smallest absolute Gasteiger partial charge is 0.241 e. The Labute approximate surface area is 200 Å². The number of hydrogen-bond donors (Lipinski definition) is 1. The number of nitrogens with two attached hydrogens (primary N) is 1. The van der Waals surface area contributed by atoms with Crippen LogP contribution in [-0.4, -0.2) is 66.8 Å². The van der Waals surface area contributed by atoms with Gasteiger partial charge in [-0.2, -0.15) is 0 Å². The molecule has 184 valence electrons. The third-order valence-electron chi connectivity index (χ3n) is 8.53. The van der Waals surface area contributed by atoms with Crippen molar-refractivity contribution in [3.05, 3.63) is 30.1 Å². The van der Waals surface area contributed by atoms with Crippen molar-refractivity contribution in [1.29, 1.82) is 0 Å². The average molecular weight is 471 g/mol. The van der Waals surface area contributed by atoms with Gasteiger partial charge in [-0.15, -0.1) is 0 Å². The highest BCUT2D eigenvalue weighted by atomic mass is 19.1. The summed E-state index contributed by atoms with van der Waals surface area (Å²) in [5, 5.41) is 0. The zero-order valence-electron chi connectivity index (χ0n) is 19.8. The number of carbonyl (C=O) groups excluding carboxylic acids is 3. The van der Waals surface area contributed by atoms with Crippen molar-refractivity contribution in [3.8, 4) is 0 Å². The van der Waals surface area contributed by atoms with E-state index in [0.717, 1.165) is 37.0 Å². The molecule has 1 heterocycles. The first kappa shape index (κ1) is 23.3. The topological polar surface area (TPSA) is 86.9 Å². The SMILES string of the molecule is NC(=O)CCN(C(=O)CN1CCN(C(=O)C23CC4CC(CC(C4)C2)C3)CC1)c1ccc(F)cc1. The van der Waals surface area contributed by atoms with Gasteiger partial charge in [0.2, 0.25) is 17.7 Å². The monoisotopic (exact) mass is 470 g/mol. The molecule has 0 spiro atoms. The predicted octanol–water partition coefficient (Wildman–Crippen LogP) is 2.39. The van der Waals surface area contributed by atoms with Gasteiger partial charge in [-0.25, -0.2) is 4.39 Å². The highest BCUT2D eigenvalue weighted by molar-refractivity contribution is 5.95. The van der Waals surface area contributed by atoms with E-state index in [1.54, 1.807) is 0 Å². The first-order valence-corrected chi connectivity index (χ1v) is 12.7. The molecule has 2 N–H and O–H groups in total. The van der Waals surface area contributed by atoms with Gasteiger partial charge in [0.15, 0.2) is 0 Å². The van der Waals surface area contributed by atoms with Crippen molar-refractivity contribution in [3.63, 3.8) is 0 Å². The molecule has 1 aliphatic heterocycles. The normalized spacial score (nSPS) is 30.4. The van der Waals surface area contributed by atoms with Crippen molar-refractivity contribution in [1.82, 2.24) is 9.80 Å². The van der Waals surface area contributed by atoms with Crippen molar-refractivity contribution in [2.45, 2.75) is 44.9 Å². The number of anilines is 1. The number of primary amides is 1. The molecule has 5 fully saturated rings. The number of nitrogens with zero attached hydrogens (tertiary/aromatic N) is 3. The van der Waals surface area contributed by atoms with E-state index in [1.807, 2.05) is 4.90 Å². The summed E-state index contributed by atoms with van der Waals surface area (Å²) in [5.41, 5.74) is 5.71. The number of benzene rings is 1. The van der Waals surface area contributed by atoms with Crippen LogP contribution in [0.15, 0.2) is 24.3 Å². The number of halogens is 1. The fourth-order valence-electron chi connectivity index (χ4n) is 7.33. The molecule has 1 saturated heterocycles. The third kappa shape index (κ3) is 4.69. The van der Waals surface area contributed by atoms with Crippen molar-refractivity contribution in [2.24, 2.45) is 28.9 Å². The molecule has 34 heavy (non-hydrogen) atoms. The molecular formula is C26H35FN4O3. The van der Waals surface area contributed by atoms with Gasteiger partial charge in [-0.05, 0) is 80.5 Å². The van der Waals surface area contributed by atoms with Gasteiger partial charge >= 0.3 is 0 Å². The summed E-state index contributed by atoms with van der Waals surface area (Å²) in [5.74, 6) is 1.55. The number of hydrogen-bond acceptors (Lipinski definition) is 4. The summed E-state index contributed by atoms with van der Waals surface area (Å²) in [6.45, 7) is 2.94. The minimum atomic E-state index is -0.489. The zero-order chi connectivity index (χ0) is 23.9. The molecule has 0 aromatic heterocycles. The molecule has 0 unspecified atom stereocenters. The van der Waals surface area contributed by atoms with Gasteiger partial charge in [-0.1, -0.05) is 0 Å². The highest BCUT2D eigenvalue weighted by Gasteiger charge is 2.55. The minimum absolute atomic E-state index is 0.0382. The fraction of sp³-hybridized carbons (Fsp3) is 0.654. The maximum atomic E-state index is 13.6. The second kappa shape index (κ2) is 9.29. The largest absolute Gasteiger partial charge is 0.370 e. The molecular weight excluding hydrogens is 435 g/mol. The van der Waals surface area contributed by atoms with E-state index < -0.39 is 5.91 Å². The van der Waals surface area contributed by atoms with E-state index in [1.165, 1.54) is 48.4 Å². The molecule has 7 nitrogen and oxygen atoms in total. The van der Waals surface area contributed by atoms with Crippen LogP contribution in [0.3, 0.4) is 0 Å². The van der Waals surface area contributed by atoms with Crippen molar-refractivity contribution in [2.75, 3.05) is 44.2 Å². The Kier molecular flexibility index (Phi) is 6.35. The molecule has 0 radical (unpaired) electrons. The van der Waals surface area contributed by atoms with Gasteiger partial charge < -0.3 is 15.5 Å². The van der Waals surface area contributed by atoms with E-state index in [9.17, 15) is 18.8 Å². The maximum absolute atomic E-state index is 13.6. The Hall–Kier alpha value is -2.48. The Bertz CT molecular complexity index is 907. The van der Waals surface area contributed by atoms with E-state index >= 15 is 0 Å². The summed E-state index contributed by atoms with van der Waals surface area (Å²) in [4.78, 5) is 43.6. The lowest BCUT2D eigenvalue weighted by Gasteiger charge is -2.57. The Morgan fingerprint density at radius 2 is 1.50 bits per heavy atom. The molecule has 0 atom stereocenters. The Morgan fingerprint density at radius 3 is 2.03 bits per heavy atom. The molecule has 6 rings (SSSR count). The molecule has 8 heteroatoms. The van der Waals surface area contributed by atoms with Crippen molar-refractivity contribution >= 4 is 23.4 Å². The van der Waals surface area contributed by atoms with Crippen LogP contribution in [0.5, 0.6) is 0 Å². The van der Waals surface area contributed by atoms with Gasteiger partial charge in [0.05, 0.1) is 12.0 Å². The van der Waals surface area contributed by atoms with Crippen LogP contribution in [0.4, 0.5) is 10.1 Å². The number of amides is 3. The van der Waals surface area contributed by atoms with Crippen LogP contribution >= 0.6 is 0 Å². The predicted molar refractivity (Wildman–Crippen MR) is 126 cm³/mol. The zero-order valence-corrected chi connectivity index (χ0v) is 19.8. The second-order valence-electron chi connectivity index (χ2n) is 11.0. The Balaban J connectivity index is 1.18. The highest BCUT2D eigenvalue weighted by Crippen LogP contribution is 2.60. The van der Waals surface area contributed by atoms with Crippen LogP contribution < -0.4 is 10.6 Å². The van der Waals surface area contributed by atoms with Crippen molar-refractivity contribution < 1.29 is 18.8 Å². The van der Waals surface area contributed by atoms with Gasteiger partial charge in [-0.3, -0.25) is 19.3 Å². The molecule has 4 bridgehead atoms. The lowest BCUT2D eigenvalue weighted by atomic mass is 9.49. The van der Waals surface area contributed by atoms with E-state index in [4.69, 9.17) is 5.73 Å². The maximum Gasteiger partial charge on any atom is 0.241 e. The van der Waals surface area contributed by atoms with Crippen LogP contribution in [-0.2, 0) is 14.4 Å². The van der Waals surface area contributed by atoms with Crippen LogP contribution in [0, 0.1) is 29.0 Å². The van der Waals surface area contributed by atoms with Gasteiger partial charge in [0.1, 0.15) is 5.82 Å². The van der Waals surface area contributed by atoms with Gasteiger partial charge in [0.25, 0.3) is 0 Å². The standard InChI is InChI=1S/C26H35FN4O3/c27-21-1-3-22(4-2-21)31(6-5-23(28)32)24(33)17-29-7-9-30(10-8-29)25(34)26-14-18-11-19(15-26)13-20(12-18)16-26/h1-4,18-20H,5-17H2,(H2,28,32). The third-order valence-corrected chi connectivity index (χ3v) is 8.53. The second-order valence-corrected chi connectivity index (χ2v) is 11.0. The summed E-state index contributed by atoms with van der Waals surface area (Å²) in [7, 11) is 0. The quantitative estimate of drug-likeness (QED) is 0.663. The number of piperazine rings is 1. The molecule has 4 aliphatic carbocycles. The first-order chi connectivity index (χ1) is 16.3. The summed E-state index contributed by atoms with van der Waals surface area (Å²) >= 11 is 0. The van der Waals surface area contributed by atoms with Crippen LogP contribution in [0.1, 0.15) is 44.9 Å². The summed E-state index contributed by atoms with van der Waals surface area (Å²) < 4.78 is 13.4. The van der Waals surface area contributed by atoms with Crippen LogP contribution in [0.25, 0.3) is 0 Å². The van der Waals surface area contributed by atoms with E-state index in [-0.39, 0.29) is 36.6 Å². The lowest BCUT2D eigenvalue weighted by Crippen LogP contribution is -2.58. The van der Waals surface area contributed by atoms with E-state index in [0.29, 0.717) is 37.8 Å². The summed E-state index contributed by atoms with van der Waals surface area (Å²) in [6, 6.07) is 5.68. The lowest BCUT2D eigenvalue weighted by molar-refractivity contribution is -0.159. The Morgan fingerprint density at radius 1 is 0.941 bits per heavy atom. The first-order valence-electron chi connectivity index (χ1n) is 12.7. The summed E-state index contributed by atoms with van der Waals surface area (Å²) in [6.07, 6.45) is 7.22. The molecule has 4 saturated carbocycles. The van der Waals surface area contributed by atoms with E-state index in [2.05, 4.69) is 4.90 Å². The molecule has 5 aliphatic rings. The fourth-order valence-corrected chi connectivity index (χ4v) is 7.33. The van der Waals surface area contributed by atoms with Crippen LogP contribution in [0.2, 0.25) is 0 Å². The number of rotatable bonds is 7.